The van der Waals surface area contributed by atoms with Gasteiger partial charge < -0.3 is 10.1 Å². The lowest BCUT2D eigenvalue weighted by molar-refractivity contribution is -0.390. The predicted octanol–water partition coefficient (Wildman–Crippen LogP) is 2.15. The lowest BCUT2D eigenvalue weighted by atomic mass is 10.2. The Balaban J connectivity index is 3.28. The van der Waals surface area contributed by atoms with Gasteiger partial charge in [-0.1, -0.05) is 0 Å². The first-order valence-corrected chi connectivity index (χ1v) is 3.20. The van der Waals surface area contributed by atoms with E-state index in [9.17, 15) is 27.7 Å². The van der Waals surface area contributed by atoms with Crippen LogP contribution in [0.3, 0.4) is 0 Å². The maximum atomic E-state index is 12.4. The molecule has 4 nitrogen and oxygen atoms in total. The zero-order valence-corrected chi connectivity index (χ0v) is 6.38. The van der Waals surface area contributed by atoms with Crippen LogP contribution in [0.1, 0.15) is 5.56 Å². The van der Waals surface area contributed by atoms with Gasteiger partial charge in [-0.25, -0.2) is 0 Å². The normalized spacial score (nSPS) is 11.4. The second kappa shape index (κ2) is 3.20. The molecular weight excluding hydrogens is 208 g/mol. The lowest BCUT2D eigenvalue weighted by Gasteiger charge is -2.04. The van der Waals surface area contributed by atoms with E-state index < -0.39 is 28.4 Å². The van der Waals surface area contributed by atoms with Crippen LogP contribution in [-0.4, -0.2) is 9.91 Å². The molecule has 0 aliphatic carbocycles. The summed E-state index contributed by atoms with van der Waals surface area (Å²) in [6.07, 6.45) is -4.82. The number of pyridine rings is 1. The Kier molecular flexibility index (Phi) is 2.37. The zero-order chi connectivity index (χ0) is 10.9. The first-order valence-electron chi connectivity index (χ1n) is 3.20. The van der Waals surface area contributed by atoms with Crippen LogP contribution in [-0.2, 0) is 6.18 Å². The van der Waals surface area contributed by atoms with E-state index in [1.165, 1.54) is 0 Å². The highest BCUT2D eigenvalue weighted by atomic mass is 19.4. The fourth-order valence-electron chi connectivity index (χ4n) is 0.740. The van der Waals surface area contributed by atoms with Crippen molar-refractivity contribution in [3.63, 3.8) is 0 Å². The molecule has 0 saturated carbocycles. The summed E-state index contributed by atoms with van der Waals surface area (Å²) in [5, 5.41) is 10.0. The van der Waals surface area contributed by atoms with Crippen molar-refractivity contribution in [2.45, 2.75) is 6.18 Å². The number of aromatic nitrogens is 1. The van der Waals surface area contributed by atoms with E-state index in [1.807, 2.05) is 0 Å². The monoisotopic (exact) mass is 210 g/mol. The third-order valence-corrected chi connectivity index (χ3v) is 1.29. The molecule has 0 aliphatic heterocycles. The number of nitro groups is 1. The van der Waals surface area contributed by atoms with Crippen molar-refractivity contribution >= 4 is 5.82 Å². The number of alkyl halides is 3. The van der Waals surface area contributed by atoms with E-state index in [4.69, 9.17) is 0 Å². The molecule has 1 aromatic rings. The number of nitrogens with zero attached hydrogens (tertiary/aromatic N) is 2. The molecule has 1 heterocycles. The summed E-state index contributed by atoms with van der Waals surface area (Å²) in [6.45, 7) is 0. The topological polar surface area (TPSA) is 56.0 Å². The fourth-order valence-corrected chi connectivity index (χ4v) is 0.740. The van der Waals surface area contributed by atoms with Gasteiger partial charge in [0.25, 0.3) is 0 Å². The summed E-state index contributed by atoms with van der Waals surface area (Å²) in [5.41, 5.74) is -1.43. The van der Waals surface area contributed by atoms with Gasteiger partial charge in [-0.3, -0.25) is 0 Å². The average Bonchev–Trinajstić information content (AvgIpc) is 2.01. The van der Waals surface area contributed by atoms with Crippen LogP contribution in [0.15, 0.2) is 12.1 Å². The molecule has 14 heavy (non-hydrogen) atoms. The summed E-state index contributed by atoms with van der Waals surface area (Å²) in [6, 6.07) is 0.260. The highest BCUT2D eigenvalue weighted by Crippen LogP contribution is 2.30. The molecule has 0 atom stereocenters. The van der Waals surface area contributed by atoms with Crippen molar-refractivity contribution in [2.24, 2.45) is 0 Å². The highest BCUT2D eigenvalue weighted by molar-refractivity contribution is 5.28. The summed E-state index contributed by atoms with van der Waals surface area (Å²) in [5.74, 6) is -2.70. The van der Waals surface area contributed by atoms with Crippen molar-refractivity contribution in [3.05, 3.63) is 33.8 Å². The minimum atomic E-state index is -4.82. The molecule has 0 radical (unpaired) electrons. The van der Waals surface area contributed by atoms with Gasteiger partial charge >= 0.3 is 17.9 Å². The molecule has 0 spiro atoms. The molecule has 1 aromatic heterocycles. The van der Waals surface area contributed by atoms with Gasteiger partial charge in [-0.05, 0) is 9.91 Å². The van der Waals surface area contributed by atoms with Crippen LogP contribution >= 0.6 is 0 Å². The van der Waals surface area contributed by atoms with Crippen molar-refractivity contribution in [2.75, 3.05) is 0 Å². The van der Waals surface area contributed by atoms with E-state index in [0.29, 0.717) is 0 Å². The fraction of sp³-hybridized carbons (Fsp3) is 0.167. The third-order valence-electron chi connectivity index (χ3n) is 1.29. The van der Waals surface area contributed by atoms with Gasteiger partial charge in [0.2, 0.25) is 0 Å². The van der Waals surface area contributed by atoms with Gasteiger partial charge in [-0.15, -0.1) is 0 Å². The van der Waals surface area contributed by atoms with E-state index in [2.05, 4.69) is 4.98 Å². The van der Waals surface area contributed by atoms with E-state index in [1.54, 1.807) is 0 Å². The molecule has 1 rings (SSSR count). The summed E-state index contributed by atoms with van der Waals surface area (Å²) < 4.78 is 48.4. The number of halogens is 4. The minimum absolute atomic E-state index is 0.0903. The second-order valence-electron chi connectivity index (χ2n) is 2.29. The Hall–Kier alpha value is -1.73. The first kappa shape index (κ1) is 10.4. The predicted molar refractivity (Wildman–Crippen MR) is 35.9 cm³/mol. The molecule has 0 fully saturated rings. The van der Waals surface area contributed by atoms with Gasteiger partial charge in [0, 0.05) is 12.1 Å². The zero-order valence-electron chi connectivity index (χ0n) is 6.38. The number of hydrogen-bond donors (Lipinski definition) is 0. The third kappa shape index (κ3) is 2.15. The van der Waals surface area contributed by atoms with Gasteiger partial charge in [0.05, 0.1) is 5.56 Å². The molecule has 0 N–H and O–H groups in total. The van der Waals surface area contributed by atoms with Crippen LogP contribution in [0, 0.1) is 16.1 Å². The maximum Gasteiger partial charge on any atom is 0.416 e. The van der Waals surface area contributed by atoms with Gasteiger partial charge in [0.1, 0.15) is 0 Å². The minimum Gasteiger partial charge on any atom is -0.358 e. The Morgan fingerprint density at radius 1 is 1.36 bits per heavy atom. The van der Waals surface area contributed by atoms with Gasteiger partial charge in [-0.2, -0.15) is 17.6 Å². The molecule has 0 amide bonds. The van der Waals surface area contributed by atoms with Crippen molar-refractivity contribution in [3.8, 4) is 0 Å². The van der Waals surface area contributed by atoms with E-state index >= 15 is 0 Å². The smallest absolute Gasteiger partial charge is 0.358 e. The Labute approximate surface area is 74.3 Å². The second-order valence-corrected chi connectivity index (χ2v) is 2.29. The van der Waals surface area contributed by atoms with Crippen molar-refractivity contribution in [1.82, 2.24) is 4.98 Å². The number of rotatable bonds is 1. The number of hydrogen-bond acceptors (Lipinski definition) is 3. The molecule has 0 unspecified atom stereocenters. The quantitative estimate of drug-likeness (QED) is 0.309. The molecule has 0 aliphatic rings. The average molecular weight is 210 g/mol. The molecular formula is C6H2F4N2O2. The van der Waals surface area contributed by atoms with E-state index in [0.717, 1.165) is 0 Å². The Morgan fingerprint density at radius 2 is 1.93 bits per heavy atom. The molecule has 0 aromatic carbocycles. The summed E-state index contributed by atoms with van der Waals surface area (Å²) in [4.78, 5) is 11.5. The Bertz CT molecular complexity index is 377. The molecule has 0 bridgehead atoms. The molecule has 8 heteroatoms. The van der Waals surface area contributed by atoms with Crippen molar-refractivity contribution in [1.29, 1.82) is 0 Å². The summed E-state index contributed by atoms with van der Waals surface area (Å²) >= 11 is 0. The van der Waals surface area contributed by atoms with Crippen LogP contribution in [0.5, 0.6) is 0 Å². The maximum absolute atomic E-state index is 12.4. The van der Waals surface area contributed by atoms with Gasteiger partial charge in [0.15, 0.2) is 0 Å². The molecule has 0 saturated heterocycles. The standard InChI is InChI=1S/C6H2F4N2O2/c7-4-1-3(6(8,9)10)2-5(11-4)12(13)14/h1-2H. The molecule has 76 valence electrons. The first-order chi connectivity index (χ1) is 6.30. The Morgan fingerprint density at radius 3 is 2.36 bits per heavy atom. The van der Waals surface area contributed by atoms with E-state index in [-0.39, 0.29) is 12.1 Å². The van der Waals surface area contributed by atoms with Crippen LogP contribution in [0.4, 0.5) is 23.4 Å². The summed E-state index contributed by atoms with van der Waals surface area (Å²) in [7, 11) is 0. The largest absolute Gasteiger partial charge is 0.416 e. The lowest BCUT2D eigenvalue weighted by Crippen LogP contribution is -2.07. The SMILES string of the molecule is O=[N+]([O-])c1cc(C(F)(F)F)cc(F)n1. The van der Waals surface area contributed by atoms with Crippen LogP contribution < -0.4 is 0 Å². The van der Waals surface area contributed by atoms with Crippen LogP contribution in [0.25, 0.3) is 0 Å². The van der Waals surface area contributed by atoms with Crippen LogP contribution in [0.2, 0.25) is 0 Å². The highest BCUT2D eigenvalue weighted by Gasteiger charge is 2.34. The van der Waals surface area contributed by atoms with Crippen molar-refractivity contribution < 1.29 is 22.5 Å².